The number of carbonyl (C=O) groups excluding carboxylic acids is 1. The molecular weight excluding hydrogens is 392 g/mol. The molecule has 1 aliphatic heterocycles. The molecule has 1 unspecified atom stereocenters. The number of hydrogen-bond donors (Lipinski definition) is 2. The van der Waals surface area contributed by atoms with Crippen LogP contribution in [0, 0.1) is 0 Å². The summed E-state index contributed by atoms with van der Waals surface area (Å²) < 4.78 is 29.9. The molecule has 1 fully saturated rings. The maximum absolute atomic E-state index is 12.2. The maximum atomic E-state index is 12.2. The quantitative estimate of drug-likeness (QED) is 0.776. The van der Waals surface area contributed by atoms with Gasteiger partial charge in [0.2, 0.25) is 10.0 Å². The molecule has 154 valence electrons. The first-order valence-corrected chi connectivity index (χ1v) is 11.4. The van der Waals surface area contributed by atoms with Gasteiger partial charge in [-0.05, 0) is 28.7 Å². The third-order valence-corrected chi connectivity index (χ3v) is 6.92. The van der Waals surface area contributed by atoms with E-state index in [0.717, 1.165) is 28.5 Å². The number of benzene rings is 2. The summed E-state index contributed by atoms with van der Waals surface area (Å²) in [7, 11) is -3.36. The van der Waals surface area contributed by atoms with Gasteiger partial charge in [-0.15, -0.1) is 0 Å². The Morgan fingerprint density at radius 1 is 1.17 bits per heavy atom. The van der Waals surface area contributed by atoms with Crippen LogP contribution >= 0.6 is 0 Å². The highest BCUT2D eigenvalue weighted by molar-refractivity contribution is 7.88. The van der Waals surface area contributed by atoms with E-state index < -0.39 is 21.7 Å². The van der Waals surface area contributed by atoms with Gasteiger partial charge in [0.05, 0.1) is 18.4 Å². The lowest BCUT2D eigenvalue weighted by atomic mass is 9.98. The summed E-state index contributed by atoms with van der Waals surface area (Å²) in [4.78, 5) is 12.2. The van der Waals surface area contributed by atoms with Gasteiger partial charge in [0, 0.05) is 19.0 Å². The number of nitrogens with zero attached hydrogens (tertiary/aromatic N) is 1. The van der Waals surface area contributed by atoms with Gasteiger partial charge in [-0.1, -0.05) is 48.5 Å². The van der Waals surface area contributed by atoms with Crippen LogP contribution in [0.15, 0.2) is 48.5 Å². The molecule has 0 aromatic heterocycles. The predicted octanol–water partition coefficient (Wildman–Crippen LogP) is 1.92. The van der Waals surface area contributed by atoms with Crippen molar-refractivity contribution in [3.8, 4) is 11.1 Å². The highest BCUT2D eigenvalue weighted by Crippen LogP contribution is 2.44. The van der Waals surface area contributed by atoms with Gasteiger partial charge in [-0.2, -0.15) is 4.31 Å². The standard InChI is InChI=1S/C21H24N2O5S/c1-29(26,27)23-11-10-21(25,14-23)13-22-20(24)28-12-19-17-8-4-2-6-15(17)16-7-3-5-9-18(16)19/h2-9,19,25H,10-14H2,1H3,(H,22,24). The second-order valence-corrected chi connectivity index (χ2v) is 9.73. The Morgan fingerprint density at radius 3 is 2.31 bits per heavy atom. The number of alkyl carbamates (subject to hydrolysis) is 1. The van der Waals surface area contributed by atoms with Gasteiger partial charge >= 0.3 is 6.09 Å². The average Bonchev–Trinajstić information content (AvgIpc) is 3.24. The van der Waals surface area contributed by atoms with Gasteiger partial charge in [0.25, 0.3) is 0 Å². The zero-order chi connectivity index (χ0) is 20.6. The van der Waals surface area contributed by atoms with Gasteiger partial charge in [-0.3, -0.25) is 0 Å². The summed E-state index contributed by atoms with van der Waals surface area (Å²) in [6, 6.07) is 16.2. The highest BCUT2D eigenvalue weighted by Gasteiger charge is 2.40. The normalized spacial score (nSPS) is 21.6. The van der Waals surface area contributed by atoms with Crippen LogP contribution in [0.25, 0.3) is 11.1 Å². The lowest BCUT2D eigenvalue weighted by molar-refractivity contribution is 0.0525. The molecule has 0 radical (unpaired) electrons. The molecule has 0 bridgehead atoms. The van der Waals surface area contributed by atoms with Crippen molar-refractivity contribution in [3.63, 3.8) is 0 Å². The first-order valence-electron chi connectivity index (χ1n) is 9.53. The lowest BCUT2D eigenvalue weighted by Gasteiger charge is -2.23. The zero-order valence-corrected chi connectivity index (χ0v) is 17.0. The first-order chi connectivity index (χ1) is 13.8. The Labute approximate surface area is 170 Å². The molecule has 1 aliphatic carbocycles. The van der Waals surface area contributed by atoms with E-state index >= 15 is 0 Å². The van der Waals surface area contributed by atoms with Crippen LogP contribution in [-0.2, 0) is 14.8 Å². The van der Waals surface area contributed by atoms with Crippen LogP contribution in [0.3, 0.4) is 0 Å². The Kier molecular flexibility index (Phi) is 5.10. The monoisotopic (exact) mass is 416 g/mol. The molecule has 2 aromatic carbocycles. The summed E-state index contributed by atoms with van der Waals surface area (Å²) in [6.07, 6.45) is 0.750. The molecule has 8 heteroatoms. The number of sulfonamides is 1. The number of carbonyl (C=O) groups is 1. The number of fused-ring (bicyclic) bond motifs is 3. The van der Waals surface area contributed by atoms with Gasteiger partial charge in [-0.25, -0.2) is 13.2 Å². The minimum atomic E-state index is -3.36. The number of β-amino-alcohol motifs (C(OH)–C–C–N with tert-alkyl or cyclic N) is 1. The molecule has 4 rings (SSSR count). The van der Waals surface area contributed by atoms with Crippen molar-refractivity contribution < 1.29 is 23.1 Å². The lowest BCUT2D eigenvalue weighted by Crippen LogP contribution is -2.45. The molecule has 29 heavy (non-hydrogen) atoms. The Balaban J connectivity index is 1.36. The summed E-state index contributed by atoms with van der Waals surface area (Å²) in [5, 5.41) is 13.1. The van der Waals surface area contributed by atoms with E-state index in [-0.39, 0.29) is 38.6 Å². The Hall–Kier alpha value is -2.42. The van der Waals surface area contributed by atoms with Crippen molar-refractivity contribution in [1.29, 1.82) is 0 Å². The molecule has 1 amide bonds. The van der Waals surface area contributed by atoms with Crippen LogP contribution < -0.4 is 5.32 Å². The molecule has 2 N–H and O–H groups in total. The van der Waals surface area contributed by atoms with E-state index in [1.165, 1.54) is 4.31 Å². The van der Waals surface area contributed by atoms with E-state index in [9.17, 15) is 18.3 Å². The minimum absolute atomic E-state index is 0.0323. The first kappa shape index (κ1) is 19.9. The van der Waals surface area contributed by atoms with Gasteiger partial charge in [0.1, 0.15) is 6.61 Å². The summed E-state index contributed by atoms with van der Waals surface area (Å²) in [5.41, 5.74) is 3.27. The minimum Gasteiger partial charge on any atom is -0.449 e. The number of ether oxygens (including phenoxy) is 1. The van der Waals surface area contributed by atoms with Crippen molar-refractivity contribution in [3.05, 3.63) is 59.7 Å². The number of hydrogen-bond acceptors (Lipinski definition) is 5. The summed E-state index contributed by atoms with van der Waals surface area (Å²) >= 11 is 0. The number of rotatable bonds is 5. The van der Waals surface area contributed by atoms with E-state index in [2.05, 4.69) is 17.4 Å². The predicted molar refractivity (Wildman–Crippen MR) is 109 cm³/mol. The third kappa shape index (κ3) is 4.01. The molecule has 0 spiro atoms. The second-order valence-electron chi connectivity index (χ2n) is 7.75. The molecule has 1 saturated heterocycles. The molecule has 0 saturated carbocycles. The van der Waals surface area contributed by atoms with Crippen LogP contribution in [0.2, 0.25) is 0 Å². The number of nitrogens with one attached hydrogen (secondary N) is 1. The topological polar surface area (TPSA) is 95.9 Å². The van der Waals surface area contributed by atoms with E-state index in [1.54, 1.807) is 0 Å². The van der Waals surface area contributed by atoms with Crippen molar-refractivity contribution in [2.45, 2.75) is 17.9 Å². The van der Waals surface area contributed by atoms with Crippen molar-refractivity contribution in [2.75, 3.05) is 32.5 Å². The van der Waals surface area contributed by atoms with Crippen molar-refractivity contribution >= 4 is 16.1 Å². The Morgan fingerprint density at radius 2 is 1.76 bits per heavy atom. The average molecular weight is 416 g/mol. The molecule has 2 aromatic rings. The van der Waals surface area contributed by atoms with Crippen molar-refractivity contribution in [1.82, 2.24) is 9.62 Å². The summed E-state index contributed by atoms with van der Waals surface area (Å²) in [6.45, 7) is 0.334. The highest BCUT2D eigenvalue weighted by atomic mass is 32.2. The van der Waals surface area contributed by atoms with E-state index in [4.69, 9.17) is 4.74 Å². The summed E-state index contributed by atoms with van der Waals surface area (Å²) in [5.74, 6) is -0.0385. The molecule has 1 heterocycles. The van der Waals surface area contributed by atoms with Crippen molar-refractivity contribution in [2.24, 2.45) is 0 Å². The largest absolute Gasteiger partial charge is 0.449 e. The van der Waals surface area contributed by atoms with E-state index in [1.807, 2.05) is 36.4 Å². The van der Waals surface area contributed by atoms with Crippen LogP contribution in [-0.4, -0.2) is 62.0 Å². The van der Waals surface area contributed by atoms with Crippen LogP contribution in [0.1, 0.15) is 23.5 Å². The van der Waals surface area contributed by atoms with Crippen LogP contribution in [0.5, 0.6) is 0 Å². The number of aliphatic hydroxyl groups is 1. The van der Waals surface area contributed by atoms with Crippen LogP contribution in [0.4, 0.5) is 4.79 Å². The second kappa shape index (κ2) is 7.44. The fourth-order valence-corrected chi connectivity index (χ4v) is 5.03. The van der Waals surface area contributed by atoms with E-state index in [0.29, 0.717) is 0 Å². The van der Waals surface area contributed by atoms with Gasteiger partial charge < -0.3 is 15.2 Å². The third-order valence-electron chi connectivity index (χ3n) is 5.67. The number of amides is 1. The SMILES string of the molecule is CS(=O)(=O)N1CCC(O)(CNC(=O)OCC2c3ccccc3-c3ccccc32)C1. The molecule has 7 nitrogen and oxygen atoms in total. The Bertz CT molecular complexity index is 993. The smallest absolute Gasteiger partial charge is 0.407 e. The molecule has 2 aliphatic rings. The van der Waals surface area contributed by atoms with Gasteiger partial charge in [0.15, 0.2) is 0 Å². The zero-order valence-electron chi connectivity index (χ0n) is 16.2. The molecule has 1 atom stereocenters. The maximum Gasteiger partial charge on any atom is 0.407 e. The molecular formula is C21H24N2O5S. The fraction of sp³-hybridized carbons (Fsp3) is 0.381. The fourth-order valence-electron chi connectivity index (χ4n) is 4.13.